The predicted octanol–water partition coefficient (Wildman–Crippen LogP) is 1.68. The fourth-order valence-corrected chi connectivity index (χ4v) is 3.54. The van der Waals surface area contributed by atoms with E-state index >= 15 is 0 Å². The van der Waals surface area contributed by atoms with Crippen LogP contribution < -0.4 is 0 Å². The second-order valence-corrected chi connectivity index (χ2v) is 4.18. The van der Waals surface area contributed by atoms with Gasteiger partial charge in [-0.25, -0.2) is 0 Å². The maximum absolute atomic E-state index is 5.50. The van der Waals surface area contributed by atoms with Crippen LogP contribution in [0.3, 0.4) is 0 Å². The first kappa shape index (κ1) is 5.59. The van der Waals surface area contributed by atoms with Crippen molar-refractivity contribution in [3.63, 3.8) is 0 Å². The van der Waals surface area contributed by atoms with E-state index in [-0.39, 0.29) is 0 Å². The highest BCUT2D eigenvalue weighted by Gasteiger charge is 2.64. The van der Waals surface area contributed by atoms with Gasteiger partial charge in [0.15, 0.2) is 0 Å². The lowest BCUT2D eigenvalue weighted by atomic mass is 9.84. The van der Waals surface area contributed by atoms with Gasteiger partial charge in [-0.05, 0) is 42.9 Å². The van der Waals surface area contributed by atoms with Crippen molar-refractivity contribution in [3.8, 4) is 0 Å². The molecule has 5 atom stereocenters. The Bertz CT molecular complexity index is 160. The maximum atomic E-state index is 5.50. The molecule has 1 nitrogen and oxygen atoms in total. The van der Waals surface area contributed by atoms with Crippen molar-refractivity contribution in [2.75, 3.05) is 7.11 Å². The highest BCUT2D eigenvalue weighted by Crippen LogP contribution is 2.67. The smallest absolute Gasteiger partial charge is 0.0633 e. The Kier molecular flexibility index (Phi) is 0.883. The Morgan fingerprint density at radius 3 is 2.50 bits per heavy atom. The Labute approximate surface area is 61.8 Å². The summed E-state index contributed by atoms with van der Waals surface area (Å²) in [5, 5.41) is 0. The Hall–Kier alpha value is -0.0400. The van der Waals surface area contributed by atoms with Gasteiger partial charge in [0.2, 0.25) is 0 Å². The van der Waals surface area contributed by atoms with E-state index < -0.39 is 0 Å². The predicted molar refractivity (Wildman–Crippen MR) is 38.6 cm³/mol. The number of fused-ring (bicyclic) bond motifs is 1. The summed E-state index contributed by atoms with van der Waals surface area (Å²) in [7, 11) is 1.89. The molecule has 0 N–H and O–H groups in total. The van der Waals surface area contributed by atoms with Crippen LogP contribution in [-0.2, 0) is 4.74 Å². The SMILES string of the molecule is CO[C@H]1C2C3CC[C@H]1C[C@@H]32. The molecule has 4 bridgehead atoms. The zero-order valence-electron chi connectivity index (χ0n) is 6.42. The molecular formula is C9H14O. The van der Waals surface area contributed by atoms with Crippen molar-refractivity contribution in [1.82, 2.24) is 0 Å². The molecule has 4 aliphatic rings. The molecule has 56 valence electrons. The van der Waals surface area contributed by atoms with Crippen LogP contribution >= 0.6 is 0 Å². The molecule has 0 aromatic heterocycles. The lowest BCUT2D eigenvalue weighted by Gasteiger charge is -2.28. The topological polar surface area (TPSA) is 9.23 Å². The molecule has 10 heavy (non-hydrogen) atoms. The minimum Gasteiger partial charge on any atom is -0.381 e. The van der Waals surface area contributed by atoms with Crippen molar-refractivity contribution in [2.24, 2.45) is 23.7 Å². The average molecular weight is 138 g/mol. The van der Waals surface area contributed by atoms with Crippen molar-refractivity contribution >= 4 is 0 Å². The van der Waals surface area contributed by atoms with Crippen LogP contribution in [0.5, 0.6) is 0 Å². The molecule has 0 amide bonds. The van der Waals surface area contributed by atoms with Crippen LogP contribution in [0.1, 0.15) is 19.3 Å². The largest absolute Gasteiger partial charge is 0.381 e. The van der Waals surface area contributed by atoms with Gasteiger partial charge in [0.1, 0.15) is 0 Å². The van der Waals surface area contributed by atoms with Crippen molar-refractivity contribution in [3.05, 3.63) is 0 Å². The number of methoxy groups -OCH3 is 1. The summed E-state index contributed by atoms with van der Waals surface area (Å²) < 4.78 is 5.50. The van der Waals surface area contributed by atoms with E-state index in [9.17, 15) is 0 Å². The third kappa shape index (κ3) is 0.460. The monoisotopic (exact) mass is 138 g/mol. The summed E-state index contributed by atoms with van der Waals surface area (Å²) in [5.41, 5.74) is 0. The molecule has 0 aromatic carbocycles. The average Bonchev–Trinajstić information content (AvgIpc) is 2.60. The Morgan fingerprint density at radius 2 is 2.10 bits per heavy atom. The molecule has 0 spiro atoms. The summed E-state index contributed by atoms with van der Waals surface area (Å²) in [6.07, 6.45) is 5.13. The lowest BCUT2D eigenvalue weighted by molar-refractivity contribution is 0.0233. The van der Waals surface area contributed by atoms with Gasteiger partial charge in [-0.15, -0.1) is 0 Å². The van der Waals surface area contributed by atoms with E-state index in [0.29, 0.717) is 6.10 Å². The van der Waals surface area contributed by atoms with E-state index in [1.807, 2.05) is 7.11 Å². The summed E-state index contributed by atoms with van der Waals surface area (Å²) in [5.74, 6) is 4.15. The molecule has 4 rings (SSSR count). The van der Waals surface area contributed by atoms with E-state index in [4.69, 9.17) is 4.74 Å². The van der Waals surface area contributed by atoms with Gasteiger partial charge >= 0.3 is 0 Å². The molecule has 2 unspecified atom stereocenters. The molecule has 0 aliphatic heterocycles. The zero-order chi connectivity index (χ0) is 6.72. The second kappa shape index (κ2) is 1.58. The minimum atomic E-state index is 0.670. The minimum absolute atomic E-state index is 0.670. The molecule has 0 heterocycles. The lowest BCUT2D eigenvalue weighted by Crippen LogP contribution is -2.27. The Balaban J connectivity index is 1.89. The quantitative estimate of drug-likeness (QED) is 0.535. The van der Waals surface area contributed by atoms with Crippen LogP contribution in [0.15, 0.2) is 0 Å². The number of hydrogen-bond acceptors (Lipinski definition) is 1. The summed E-state index contributed by atoms with van der Waals surface area (Å²) in [6, 6.07) is 0. The van der Waals surface area contributed by atoms with Crippen molar-refractivity contribution in [1.29, 1.82) is 0 Å². The summed E-state index contributed by atoms with van der Waals surface area (Å²) >= 11 is 0. The molecule has 4 aliphatic carbocycles. The van der Waals surface area contributed by atoms with Gasteiger partial charge in [0, 0.05) is 7.11 Å². The molecule has 4 saturated carbocycles. The van der Waals surface area contributed by atoms with Gasteiger partial charge in [0.05, 0.1) is 6.10 Å². The van der Waals surface area contributed by atoms with E-state index in [0.717, 1.165) is 23.7 Å². The van der Waals surface area contributed by atoms with Crippen molar-refractivity contribution in [2.45, 2.75) is 25.4 Å². The molecule has 1 heteroatoms. The van der Waals surface area contributed by atoms with Gasteiger partial charge in [0.25, 0.3) is 0 Å². The fraction of sp³-hybridized carbons (Fsp3) is 1.00. The van der Waals surface area contributed by atoms with Gasteiger partial charge in [-0.2, -0.15) is 0 Å². The summed E-state index contributed by atoms with van der Waals surface area (Å²) in [6.45, 7) is 0. The normalized spacial score (nSPS) is 62.7. The van der Waals surface area contributed by atoms with E-state index in [1.54, 1.807) is 0 Å². The van der Waals surface area contributed by atoms with Crippen molar-refractivity contribution < 1.29 is 4.74 Å². The highest BCUT2D eigenvalue weighted by atomic mass is 16.5. The van der Waals surface area contributed by atoms with Crippen LogP contribution in [0.4, 0.5) is 0 Å². The van der Waals surface area contributed by atoms with E-state index in [1.165, 1.54) is 19.3 Å². The van der Waals surface area contributed by atoms with Gasteiger partial charge < -0.3 is 4.74 Å². The standard InChI is InChI=1S/C9H14O/c1-10-9-5-2-3-6-7(4-5)8(6)9/h5-9H,2-4H2,1H3/t5-,6?,7-,8?,9+/m0/s1. The molecule has 0 radical (unpaired) electrons. The summed E-state index contributed by atoms with van der Waals surface area (Å²) in [4.78, 5) is 0. The second-order valence-electron chi connectivity index (χ2n) is 4.18. The Morgan fingerprint density at radius 1 is 1.20 bits per heavy atom. The number of hydrogen-bond donors (Lipinski definition) is 0. The first-order valence-corrected chi connectivity index (χ1v) is 4.44. The first-order chi connectivity index (χ1) is 4.92. The zero-order valence-corrected chi connectivity index (χ0v) is 6.42. The third-order valence-corrected chi connectivity index (χ3v) is 3.96. The van der Waals surface area contributed by atoms with Gasteiger partial charge in [-0.1, -0.05) is 0 Å². The third-order valence-electron chi connectivity index (χ3n) is 3.96. The first-order valence-electron chi connectivity index (χ1n) is 4.44. The fourth-order valence-electron chi connectivity index (χ4n) is 3.54. The molecule has 4 fully saturated rings. The van der Waals surface area contributed by atoms with Gasteiger partial charge in [-0.3, -0.25) is 0 Å². The van der Waals surface area contributed by atoms with Crippen LogP contribution in [0.2, 0.25) is 0 Å². The highest BCUT2D eigenvalue weighted by molar-refractivity contribution is 5.13. The molecular weight excluding hydrogens is 124 g/mol. The maximum Gasteiger partial charge on any atom is 0.0633 e. The number of rotatable bonds is 1. The number of ether oxygens (including phenoxy) is 1. The van der Waals surface area contributed by atoms with Crippen LogP contribution in [-0.4, -0.2) is 13.2 Å². The molecule has 0 aromatic rings. The van der Waals surface area contributed by atoms with Crippen LogP contribution in [0, 0.1) is 23.7 Å². The van der Waals surface area contributed by atoms with Crippen LogP contribution in [0.25, 0.3) is 0 Å². The van der Waals surface area contributed by atoms with E-state index in [2.05, 4.69) is 0 Å². The molecule has 0 saturated heterocycles.